The molecule has 0 aromatic heterocycles. The molecular formula is C14H21NO3. The van der Waals surface area contributed by atoms with Crippen LogP contribution in [0.15, 0.2) is 0 Å². The Morgan fingerprint density at radius 2 is 2.06 bits per heavy atom. The summed E-state index contributed by atoms with van der Waals surface area (Å²) >= 11 is 0. The molecular weight excluding hydrogens is 230 g/mol. The van der Waals surface area contributed by atoms with Crippen molar-refractivity contribution in [2.45, 2.75) is 58.6 Å². The maximum atomic E-state index is 11.8. The highest BCUT2D eigenvalue weighted by molar-refractivity contribution is 6.00. The van der Waals surface area contributed by atoms with Gasteiger partial charge in [0.2, 0.25) is 5.78 Å². The van der Waals surface area contributed by atoms with Crippen molar-refractivity contribution in [2.24, 2.45) is 5.41 Å². The van der Waals surface area contributed by atoms with Gasteiger partial charge in [-0.1, -0.05) is 6.42 Å². The van der Waals surface area contributed by atoms with E-state index in [1.165, 1.54) is 0 Å². The minimum atomic E-state index is -0.661. The first kappa shape index (κ1) is 14.6. The van der Waals surface area contributed by atoms with Gasteiger partial charge in [-0.2, -0.15) is 0 Å². The Bertz CT molecular complexity index is 389. The van der Waals surface area contributed by atoms with E-state index in [0.717, 1.165) is 12.8 Å². The zero-order valence-electron chi connectivity index (χ0n) is 11.5. The van der Waals surface area contributed by atoms with E-state index in [1.807, 2.05) is 6.92 Å². The third kappa shape index (κ3) is 3.25. The van der Waals surface area contributed by atoms with Gasteiger partial charge >= 0.3 is 6.09 Å². The van der Waals surface area contributed by atoms with Gasteiger partial charge in [-0.3, -0.25) is 4.79 Å². The van der Waals surface area contributed by atoms with E-state index >= 15 is 0 Å². The van der Waals surface area contributed by atoms with Crippen molar-refractivity contribution >= 4 is 11.9 Å². The molecule has 0 aromatic rings. The first-order valence-corrected chi connectivity index (χ1v) is 6.19. The summed E-state index contributed by atoms with van der Waals surface area (Å²) in [5.41, 5.74) is -1.21. The van der Waals surface area contributed by atoms with Gasteiger partial charge in [0.05, 0.1) is 5.41 Å². The second-order valence-electron chi connectivity index (χ2n) is 5.98. The summed E-state index contributed by atoms with van der Waals surface area (Å²) in [6.07, 6.45) is 7.03. The lowest BCUT2D eigenvalue weighted by molar-refractivity contribution is -0.122. The van der Waals surface area contributed by atoms with Gasteiger partial charge in [0, 0.05) is 6.04 Å². The highest BCUT2D eigenvalue weighted by Crippen LogP contribution is 2.38. The van der Waals surface area contributed by atoms with Crippen LogP contribution < -0.4 is 5.32 Å². The standard InChI is InChI=1S/C14H21NO3/c1-6-11(16)14(5)9-7-8-10(14)15-12(17)18-13(2,3)4/h1,10H,7-9H2,2-5H3,(H,15,17). The molecule has 0 bridgehead atoms. The Balaban J connectivity index is 2.70. The number of carbonyl (C=O) groups excluding carboxylic acids is 2. The molecule has 18 heavy (non-hydrogen) atoms. The zero-order valence-corrected chi connectivity index (χ0v) is 11.5. The first-order chi connectivity index (χ1) is 8.19. The predicted molar refractivity (Wildman–Crippen MR) is 69.0 cm³/mol. The molecule has 0 radical (unpaired) electrons. The Labute approximate surface area is 108 Å². The minimum Gasteiger partial charge on any atom is -0.444 e. The Kier molecular flexibility index (Phi) is 4.05. The maximum absolute atomic E-state index is 11.8. The lowest BCUT2D eigenvalue weighted by Crippen LogP contribution is -2.48. The summed E-state index contributed by atoms with van der Waals surface area (Å²) in [4.78, 5) is 23.5. The zero-order chi connectivity index (χ0) is 14.0. The van der Waals surface area contributed by atoms with Crippen LogP contribution in [-0.4, -0.2) is 23.5 Å². The molecule has 1 N–H and O–H groups in total. The van der Waals surface area contributed by atoms with Crippen LogP contribution in [0.2, 0.25) is 0 Å². The first-order valence-electron chi connectivity index (χ1n) is 6.19. The van der Waals surface area contributed by atoms with Gasteiger partial charge in [0.1, 0.15) is 5.60 Å². The SMILES string of the molecule is C#CC(=O)C1(C)CCCC1NC(=O)OC(C)(C)C. The van der Waals surface area contributed by atoms with Gasteiger partial charge < -0.3 is 10.1 Å². The number of carbonyl (C=O) groups is 2. The molecule has 1 rings (SSSR count). The van der Waals surface area contributed by atoms with Crippen molar-refractivity contribution in [3.8, 4) is 12.3 Å². The molecule has 2 atom stereocenters. The average Bonchev–Trinajstić information content (AvgIpc) is 2.57. The normalized spacial score (nSPS) is 27.4. The van der Waals surface area contributed by atoms with Crippen LogP contribution in [0.5, 0.6) is 0 Å². The average molecular weight is 251 g/mol. The Morgan fingerprint density at radius 1 is 1.44 bits per heavy atom. The highest BCUT2D eigenvalue weighted by atomic mass is 16.6. The predicted octanol–water partition coefficient (Wildman–Crippen LogP) is 2.27. The summed E-state index contributed by atoms with van der Waals surface area (Å²) in [5, 5.41) is 2.76. The van der Waals surface area contributed by atoms with Crippen LogP contribution in [0.4, 0.5) is 4.79 Å². The molecule has 0 heterocycles. The van der Waals surface area contributed by atoms with Crippen molar-refractivity contribution < 1.29 is 14.3 Å². The molecule has 4 heteroatoms. The van der Waals surface area contributed by atoms with Crippen molar-refractivity contribution in [1.82, 2.24) is 5.32 Å². The highest BCUT2D eigenvalue weighted by Gasteiger charge is 2.45. The fourth-order valence-electron chi connectivity index (χ4n) is 2.28. The van der Waals surface area contributed by atoms with E-state index in [2.05, 4.69) is 11.2 Å². The molecule has 0 saturated heterocycles. The number of hydrogen-bond acceptors (Lipinski definition) is 3. The number of amides is 1. The van der Waals surface area contributed by atoms with Crippen molar-refractivity contribution in [3.05, 3.63) is 0 Å². The number of nitrogens with one attached hydrogen (secondary N) is 1. The smallest absolute Gasteiger partial charge is 0.407 e. The van der Waals surface area contributed by atoms with Gasteiger partial charge in [-0.05, 0) is 46.5 Å². The number of terminal acetylenes is 1. The lowest BCUT2D eigenvalue weighted by Gasteiger charge is -2.29. The molecule has 1 fully saturated rings. The molecule has 0 spiro atoms. The summed E-state index contributed by atoms with van der Waals surface area (Å²) in [7, 11) is 0. The number of alkyl carbamates (subject to hydrolysis) is 1. The van der Waals surface area contributed by atoms with Crippen molar-refractivity contribution in [1.29, 1.82) is 0 Å². The van der Waals surface area contributed by atoms with E-state index in [9.17, 15) is 9.59 Å². The third-order valence-corrected chi connectivity index (χ3v) is 3.30. The van der Waals surface area contributed by atoms with Crippen LogP contribution in [-0.2, 0) is 9.53 Å². The van der Waals surface area contributed by atoms with E-state index in [4.69, 9.17) is 11.2 Å². The molecule has 2 unspecified atom stereocenters. The number of rotatable bonds is 2. The van der Waals surface area contributed by atoms with Crippen LogP contribution in [0.3, 0.4) is 0 Å². The van der Waals surface area contributed by atoms with Gasteiger partial charge in [-0.15, -0.1) is 6.42 Å². The Morgan fingerprint density at radius 3 is 2.56 bits per heavy atom. The Hall–Kier alpha value is -1.50. The number of Topliss-reactive ketones (excluding diaryl/α,β-unsaturated/α-hetero) is 1. The van der Waals surface area contributed by atoms with Crippen molar-refractivity contribution in [3.63, 3.8) is 0 Å². The van der Waals surface area contributed by atoms with Crippen LogP contribution in [0.25, 0.3) is 0 Å². The molecule has 0 aromatic carbocycles. The molecule has 1 aliphatic carbocycles. The minimum absolute atomic E-state index is 0.240. The summed E-state index contributed by atoms with van der Waals surface area (Å²) in [6.45, 7) is 7.21. The molecule has 100 valence electrons. The van der Waals surface area contributed by atoms with E-state index < -0.39 is 17.1 Å². The van der Waals surface area contributed by atoms with E-state index in [0.29, 0.717) is 6.42 Å². The summed E-state index contributed by atoms with van der Waals surface area (Å²) in [6, 6.07) is -0.240. The summed E-state index contributed by atoms with van der Waals surface area (Å²) in [5.74, 6) is 1.92. The number of ketones is 1. The van der Waals surface area contributed by atoms with E-state index in [-0.39, 0.29) is 11.8 Å². The molecule has 1 aliphatic rings. The molecule has 1 saturated carbocycles. The monoisotopic (exact) mass is 251 g/mol. The molecule has 1 amide bonds. The summed E-state index contributed by atoms with van der Waals surface area (Å²) < 4.78 is 5.19. The van der Waals surface area contributed by atoms with Gasteiger partial charge in [0.15, 0.2) is 0 Å². The maximum Gasteiger partial charge on any atom is 0.407 e. The lowest BCUT2D eigenvalue weighted by atomic mass is 9.80. The number of hydrogen-bond donors (Lipinski definition) is 1. The van der Waals surface area contributed by atoms with Crippen LogP contribution in [0.1, 0.15) is 47.0 Å². The fraction of sp³-hybridized carbons (Fsp3) is 0.714. The van der Waals surface area contributed by atoms with Crippen molar-refractivity contribution in [2.75, 3.05) is 0 Å². The quantitative estimate of drug-likeness (QED) is 0.605. The fourth-order valence-corrected chi connectivity index (χ4v) is 2.28. The number of ether oxygens (including phenoxy) is 1. The van der Waals surface area contributed by atoms with Crippen LogP contribution in [0, 0.1) is 17.8 Å². The third-order valence-electron chi connectivity index (χ3n) is 3.30. The van der Waals surface area contributed by atoms with E-state index in [1.54, 1.807) is 20.8 Å². The van der Waals surface area contributed by atoms with Crippen LogP contribution >= 0.6 is 0 Å². The largest absolute Gasteiger partial charge is 0.444 e. The van der Waals surface area contributed by atoms with Gasteiger partial charge in [0.25, 0.3) is 0 Å². The topological polar surface area (TPSA) is 55.4 Å². The molecule has 0 aliphatic heterocycles. The molecule has 4 nitrogen and oxygen atoms in total. The van der Waals surface area contributed by atoms with Gasteiger partial charge in [-0.25, -0.2) is 4.79 Å². The second kappa shape index (κ2) is 5.01. The second-order valence-corrected chi connectivity index (χ2v) is 5.98.